The monoisotopic (exact) mass is 336 g/mol. The molecule has 0 radical (unpaired) electrons. The van der Waals surface area contributed by atoms with Crippen molar-refractivity contribution in [2.45, 2.75) is 6.54 Å². The first-order valence-corrected chi connectivity index (χ1v) is 8.70. The molecule has 3 aromatic rings. The van der Waals surface area contributed by atoms with Crippen molar-refractivity contribution in [1.29, 1.82) is 0 Å². The smallest absolute Gasteiger partial charge is 0.106 e. The Morgan fingerprint density at radius 1 is 1.25 bits per heavy atom. The van der Waals surface area contributed by atoms with Crippen molar-refractivity contribution in [3.05, 3.63) is 63.5 Å². The number of benzene rings is 1. The topological polar surface area (TPSA) is 57.5 Å². The number of carbonyl (C=O) groups is 1. The third-order valence-corrected chi connectivity index (χ3v) is 5.15. The van der Waals surface area contributed by atoms with Crippen LogP contribution in [0.1, 0.15) is 26.5 Å². The molecule has 0 bridgehead atoms. The summed E-state index contributed by atoms with van der Waals surface area (Å²) < 4.78 is 0. The van der Waals surface area contributed by atoms with E-state index < -0.39 is 5.97 Å². The van der Waals surface area contributed by atoms with Gasteiger partial charge in [0.25, 0.3) is 0 Å². The molecule has 1 atom stereocenters. The van der Waals surface area contributed by atoms with Crippen molar-refractivity contribution < 1.29 is 14.8 Å². The molecule has 5 heteroatoms. The molecule has 4 nitrogen and oxygen atoms in total. The summed E-state index contributed by atoms with van der Waals surface area (Å²) in [6, 6.07) is 11.4. The lowest BCUT2D eigenvalue weighted by molar-refractivity contribution is -0.887. The van der Waals surface area contributed by atoms with Gasteiger partial charge in [-0.25, -0.2) is 4.98 Å². The number of hydrogen-bond donors (Lipinski definition) is 1. The average Bonchev–Trinajstić information content (AvgIpc) is 3.05. The van der Waals surface area contributed by atoms with Crippen LogP contribution < -0.4 is 10.0 Å². The summed E-state index contributed by atoms with van der Waals surface area (Å²) in [5, 5.41) is 14.5. The van der Waals surface area contributed by atoms with Crippen LogP contribution in [0.25, 0.3) is 22.6 Å². The number of carbonyl (C=O) groups excluding carboxylic acids is 1. The average molecular weight is 336 g/mol. The number of fused-ring (bicyclic) bond motifs is 2. The molecule has 0 spiro atoms. The van der Waals surface area contributed by atoms with Crippen molar-refractivity contribution in [1.82, 2.24) is 4.98 Å². The van der Waals surface area contributed by atoms with E-state index in [0.29, 0.717) is 17.4 Å². The fourth-order valence-electron chi connectivity index (χ4n) is 3.36. The van der Waals surface area contributed by atoms with E-state index in [2.05, 4.69) is 19.2 Å². The van der Waals surface area contributed by atoms with Gasteiger partial charge in [-0.05, 0) is 23.6 Å². The molecule has 1 N–H and O–H groups in total. The maximum absolute atomic E-state index is 11.9. The predicted octanol–water partition coefficient (Wildman–Crippen LogP) is 1.23. The number of carboxylic acids is 1. The summed E-state index contributed by atoms with van der Waals surface area (Å²) in [6.07, 6.45) is 2.12. The molecule has 0 aliphatic carbocycles. The van der Waals surface area contributed by atoms with E-state index in [1.807, 2.05) is 29.6 Å². The third kappa shape index (κ3) is 2.52. The van der Waals surface area contributed by atoms with Gasteiger partial charge in [0.1, 0.15) is 13.1 Å². The van der Waals surface area contributed by atoms with Crippen LogP contribution in [-0.2, 0) is 6.54 Å². The Hall–Kier alpha value is -2.50. The normalized spacial score (nSPS) is 18.7. The van der Waals surface area contributed by atoms with Crippen molar-refractivity contribution in [3.8, 4) is 0 Å². The van der Waals surface area contributed by atoms with Crippen LogP contribution in [0.4, 0.5) is 0 Å². The molecule has 0 saturated carbocycles. The fourth-order valence-corrected chi connectivity index (χ4v) is 4.04. The van der Waals surface area contributed by atoms with Gasteiger partial charge in [0, 0.05) is 27.0 Å². The Labute approximate surface area is 143 Å². The second kappa shape index (κ2) is 5.85. The molecular weight excluding hydrogens is 320 g/mol. The molecule has 1 aromatic carbocycles. The second-order valence-corrected chi connectivity index (χ2v) is 7.09. The number of aromatic nitrogens is 1. The van der Waals surface area contributed by atoms with E-state index in [-0.39, 0.29) is 5.56 Å². The van der Waals surface area contributed by atoms with Crippen LogP contribution in [0.15, 0.2) is 41.8 Å². The van der Waals surface area contributed by atoms with Crippen LogP contribution in [0.3, 0.4) is 0 Å². The lowest BCUT2D eigenvalue weighted by atomic mass is 9.93. The van der Waals surface area contributed by atoms with Gasteiger partial charge in [0.2, 0.25) is 0 Å². The molecular formula is C19H16N2O2S. The number of carboxylic acid groups (broad SMARTS) is 1. The molecule has 0 saturated heterocycles. The van der Waals surface area contributed by atoms with Crippen molar-refractivity contribution in [3.63, 3.8) is 0 Å². The van der Waals surface area contributed by atoms with Crippen LogP contribution in [0, 0.1) is 0 Å². The SMILES string of the molecule is C[NH+]1C/C(=C\c2cccs2)c2nc3ccccc3c(C(=O)[O-])c2C1. The van der Waals surface area contributed by atoms with Gasteiger partial charge in [0.05, 0.1) is 24.2 Å². The van der Waals surface area contributed by atoms with Gasteiger partial charge in [-0.2, -0.15) is 0 Å². The number of quaternary nitrogens is 1. The highest BCUT2D eigenvalue weighted by atomic mass is 32.1. The van der Waals surface area contributed by atoms with E-state index >= 15 is 0 Å². The summed E-state index contributed by atoms with van der Waals surface area (Å²) in [5.74, 6) is -1.13. The zero-order chi connectivity index (χ0) is 16.7. The maximum atomic E-state index is 11.9. The highest BCUT2D eigenvalue weighted by Crippen LogP contribution is 2.30. The van der Waals surface area contributed by atoms with Gasteiger partial charge in [-0.3, -0.25) is 0 Å². The minimum absolute atomic E-state index is 0.284. The summed E-state index contributed by atoms with van der Waals surface area (Å²) in [4.78, 5) is 19.0. The summed E-state index contributed by atoms with van der Waals surface area (Å²) in [5.41, 5.74) is 3.63. The van der Waals surface area contributed by atoms with Crippen LogP contribution >= 0.6 is 11.3 Å². The number of nitrogens with zero attached hydrogens (tertiary/aromatic N) is 1. The number of nitrogens with one attached hydrogen (secondary N) is 1. The van der Waals surface area contributed by atoms with Crippen molar-refractivity contribution in [2.75, 3.05) is 13.6 Å². The number of hydrogen-bond acceptors (Lipinski definition) is 4. The van der Waals surface area contributed by atoms with E-state index in [0.717, 1.165) is 28.3 Å². The van der Waals surface area contributed by atoms with E-state index in [9.17, 15) is 9.90 Å². The Kier molecular flexibility index (Phi) is 3.67. The van der Waals surface area contributed by atoms with Crippen LogP contribution in [0.2, 0.25) is 0 Å². The number of aromatic carboxylic acids is 1. The van der Waals surface area contributed by atoms with Crippen LogP contribution in [0.5, 0.6) is 0 Å². The number of pyridine rings is 1. The van der Waals surface area contributed by atoms with E-state index in [1.165, 1.54) is 4.90 Å². The standard InChI is InChI=1S/C19H16N2O2S/c1-21-10-12(9-13-5-4-8-24-13)18-15(11-21)17(19(22)23)14-6-2-3-7-16(14)20-18/h2-9H,10-11H2,1H3,(H,22,23)/b12-9+. The third-order valence-electron chi connectivity index (χ3n) is 4.33. The molecule has 24 heavy (non-hydrogen) atoms. The highest BCUT2D eigenvalue weighted by Gasteiger charge is 2.27. The molecule has 1 aliphatic rings. The number of thiophene rings is 1. The zero-order valence-electron chi connectivity index (χ0n) is 13.2. The molecule has 1 aliphatic heterocycles. The minimum Gasteiger partial charge on any atom is -0.545 e. The van der Waals surface area contributed by atoms with Crippen molar-refractivity contribution in [2.24, 2.45) is 0 Å². The fraction of sp³-hybridized carbons (Fsp3) is 0.158. The molecule has 2 aromatic heterocycles. The highest BCUT2D eigenvalue weighted by molar-refractivity contribution is 7.10. The quantitative estimate of drug-likeness (QED) is 0.766. The number of rotatable bonds is 2. The van der Waals surface area contributed by atoms with Gasteiger partial charge in [-0.1, -0.05) is 24.3 Å². The molecule has 0 fully saturated rings. The predicted molar refractivity (Wildman–Crippen MR) is 93.7 cm³/mol. The van der Waals surface area contributed by atoms with Crippen LogP contribution in [-0.4, -0.2) is 24.5 Å². The summed E-state index contributed by atoms with van der Waals surface area (Å²) in [7, 11) is 2.07. The number of likely N-dealkylation sites (N-methyl/N-ethyl adjacent to an activating group) is 1. The zero-order valence-corrected chi connectivity index (χ0v) is 14.0. The Morgan fingerprint density at radius 2 is 2.08 bits per heavy atom. The first-order valence-electron chi connectivity index (χ1n) is 7.82. The van der Waals surface area contributed by atoms with Gasteiger partial charge >= 0.3 is 0 Å². The Bertz CT molecular complexity index is 961. The van der Waals surface area contributed by atoms with Crippen molar-refractivity contribution >= 4 is 39.9 Å². The van der Waals surface area contributed by atoms with Gasteiger partial charge in [-0.15, -0.1) is 11.3 Å². The van der Waals surface area contributed by atoms with E-state index in [4.69, 9.17) is 4.98 Å². The lowest BCUT2D eigenvalue weighted by Crippen LogP contribution is -3.08. The summed E-state index contributed by atoms with van der Waals surface area (Å²) >= 11 is 1.66. The molecule has 0 amide bonds. The molecule has 3 heterocycles. The minimum atomic E-state index is -1.13. The van der Waals surface area contributed by atoms with Gasteiger partial charge in [0.15, 0.2) is 0 Å². The van der Waals surface area contributed by atoms with Gasteiger partial charge < -0.3 is 14.8 Å². The number of para-hydroxylation sites is 1. The molecule has 120 valence electrons. The molecule has 4 rings (SSSR count). The summed E-state index contributed by atoms with van der Waals surface area (Å²) in [6.45, 7) is 1.46. The lowest BCUT2D eigenvalue weighted by Gasteiger charge is -2.27. The first-order chi connectivity index (χ1) is 11.6. The van der Waals surface area contributed by atoms with E-state index in [1.54, 1.807) is 17.4 Å². The maximum Gasteiger partial charge on any atom is 0.106 e. The Morgan fingerprint density at radius 3 is 2.83 bits per heavy atom. The molecule has 1 unspecified atom stereocenters. The first kappa shape index (κ1) is 15.1. The second-order valence-electron chi connectivity index (χ2n) is 6.11. The largest absolute Gasteiger partial charge is 0.545 e. The Balaban J connectivity index is 2.02.